The van der Waals surface area contributed by atoms with Crippen molar-refractivity contribution in [2.75, 3.05) is 19.0 Å². The smallest absolute Gasteiger partial charge is 0.217 e. The van der Waals surface area contributed by atoms with Gasteiger partial charge in [0.1, 0.15) is 0 Å². The Bertz CT molecular complexity index is 604. The minimum absolute atomic E-state index is 0.00142. The van der Waals surface area contributed by atoms with E-state index in [4.69, 9.17) is 27.9 Å². The van der Waals surface area contributed by atoms with Gasteiger partial charge in [-0.1, -0.05) is 43.1 Å². The second kappa shape index (κ2) is 6.84. The number of ether oxygens (including phenoxy) is 1. The van der Waals surface area contributed by atoms with E-state index in [1.165, 1.54) is 4.31 Å². The number of rotatable bonds is 3. The first-order valence-electron chi connectivity index (χ1n) is 6.82. The Morgan fingerprint density at radius 2 is 2.10 bits per heavy atom. The van der Waals surface area contributed by atoms with E-state index in [0.717, 1.165) is 5.56 Å². The fourth-order valence-electron chi connectivity index (χ4n) is 2.33. The van der Waals surface area contributed by atoms with Crippen molar-refractivity contribution in [1.82, 2.24) is 4.31 Å². The van der Waals surface area contributed by atoms with Crippen LogP contribution in [-0.2, 0) is 21.3 Å². The molecule has 1 aromatic carbocycles. The molecule has 0 aromatic heterocycles. The summed E-state index contributed by atoms with van der Waals surface area (Å²) >= 11 is 12.1. The van der Waals surface area contributed by atoms with Crippen LogP contribution in [0, 0.1) is 5.92 Å². The third-order valence-electron chi connectivity index (χ3n) is 3.61. The van der Waals surface area contributed by atoms with Crippen LogP contribution in [0.2, 0.25) is 10.0 Å². The van der Waals surface area contributed by atoms with Gasteiger partial charge in [0.25, 0.3) is 0 Å². The summed E-state index contributed by atoms with van der Waals surface area (Å²) in [5.74, 6) is 0.158. The average molecular weight is 352 g/mol. The van der Waals surface area contributed by atoms with E-state index in [1.807, 2.05) is 13.8 Å². The van der Waals surface area contributed by atoms with Crippen LogP contribution in [0.1, 0.15) is 19.4 Å². The summed E-state index contributed by atoms with van der Waals surface area (Å²) in [5, 5.41) is 1.01. The molecule has 7 heteroatoms. The molecule has 1 fully saturated rings. The first-order chi connectivity index (χ1) is 9.81. The highest BCUT2D eigenvalue weighted by Gasteiger charge is 2.34. The van der Waals surface area contributed by atoms with Gasteiger partial charge < -0.3 is 4.74 Å². The average Bonchev–Trinajstić information content (AvgIpc) is 2.52. The Kier molecular flexibility index (Phi) is 5.54. The standard InChI is InChI=1S/C14H19Cl2NO3S/c1-10(2)14-9-20-5-6-21(18,19)17(14)8-11-3-4-12(15)7-13(11)16/h3-4,7,10,14H,5-6,8-9H2,1-2H3/t14-/m1/s1. The van der Waals surface area contributed by atoms with Crippen molar-refractivity contribution in [2.45, 2.75) is 26.4 Å². The van der Waals surface area contributed by atoms with Crippen LogP contribution in [0.5, 0.6) is 0 Å². The van der Waals surface area contributed by atoms with E-state index >= 15 is 0 Å². The Hall–Kier alpha value is -0.330. The zero-order valence-corrected chi connectivity index (χ0v) is 14.4. The van der Waals surface area contributed by atoms with Crippen LogP contribution < -0.4 is 0 Å². The fraction of sp³-hybridized carbons (Fsp3) is 0.571. The van der Waals surface area contributed by atoms with Gasteiger partial charge in [0.05, 0.1) is 25.0 Å². The van der Waals surface area contributed by atoms with Gasteiger partial charge in [-0.15, -0.1) is 0 Å². The molecular weight excluding hydrogens is 333 g/mol. The highest BCUT2D eigenvalue weighted by atomic mass is 35.5. The molecule has 0 saturated carbocycles. The van der Waals surface area contributed by atoms with E-state index in [-0.39, 0.29) is 30.9 Å². The fourth-order valence-corrected chi connectivity index (χ4v) is 4.42. The molecule has 4 nitrogen and oxygen atoms in total. The van der Waals surface area contributed by atoms with Crippen molar-refractivity contribution < 1.29 is 13.2 Å². The lowest BCUT2D eigenvalue weighted by atomic mass is 10.0. The highest BCUT2D eigenvalue weighted by molar-refractivity contribution is 7.89. The van der Waals surface area contributed by atoms with Crippen molar-refractivity contribution in [3.05, 3.63) is 33.8 Å². The second-order valence-corrected chi connectivity index (χ2v) is 8.37. The molecule has 21 heavy (non-hydrogen) atoms. The van der Waals surface area contributed by atoms with Gasteiger partial charge in [0.2, 0.25) is 10.0 Å². The lowest BCUT2D eigenvalue weighted by Gasteiger charge is -2.31. The second-order valence-electron chi connectivity index (χ2n) is 5.48. The Labute approximate surface area is 136 Å². The summed E-state index contributed by atoms with van der Waals surface area (Å²) in [6, 6.07) is 4.92. The predicted octanol–water partition coefficient (Wildman–Crippen LogP) is 3.18. The van der Waals surface area contributed by atoms with Crippen molar-refractivity contribution in [3.63, 3.8) is 0 Å². The molecule has 1 aromatic rings. The maximum atomic E-state index is 12.5. The monoisotopic (exact) mass is 351 g/mol. The van der Waals surface area contributed by atoms with Crippen LogP contribution in [0.3, 0.4) is 0 Å². The first-order valence-corrected chi connectivity index (χ1v) is 9.19. The van der Waals surface area contributed by atoms with Crippen molar-refractivity contribution in [1.29, 1.82) is 0 Å². The molecule has 0 aliphatic carbocycles. The summed E-state index contributed by atoms with van der Waals surface area (Å²) in [4.78, 5) is 0. The lowest BCUT2D eigenvalue weighted by Crippen LogP contribution is -2.44. The minimum atomic E-state index is -3.36. The summed E-state index contributed by atoms with van der Waals surface area (Å²) in [7, 11) is -3.36. The van der Waals surface area contributed by atoms with E-state index in [9.17, 15) is 8.42 Å². The molecule has 118 valence electrons. The normalized spacial score (nSPS) is 23.2. The molecule has 0 amide bonds. The maximum Gasteiger partial charge on any atom is 0.217 e. The van der Waals surface area contributed by atoms with Crippen molar-refractivity contribution in [2.24, 2.45) is 5.92 Å². The van der Waals surface area contributed by atoms with Gasteiger partial charge in [0.15, 0.2) is 0 Å². The Morgan fingerprint density at radius 3 is 2.71 bits per heavy atom. The van der Waals surface area contributed by atoms with Crippen LogP contribution in [0.25, 0.3) is 0 Å². The van der Waals surface area contributed by atoms with Crippen molar-refractivity contribution in [3.8, 4) is 0 Å². The molecule has 1 aliphatic rings. The number of halogens is 2. The molecule has 0 bridgehead atoms. The number of hydrogen-bond acceptors (Lipinski definition) is 3. The van der Waals surface area contributed by atoms with Gasteiger partial charge in [-0.05, 0) is 23.6 Å². The molecule has 0 spiro atoms. The van der Waals surface area contributed by atoms with Gasteiger partial charge in [0, 0.05) is 16.6 Å². The molecule has 0 radical (unpaired) electrons. The first kappa shape index (κ1) is 17.0. The number of sulfonamides is 1. The minimum Gasteiger partial charge on any atom is -0.379 e. The van der Waals surface area contributed by atoms with Crippen LogP contribution >= 0.6 is 23.2 Å². The topological polar surface area (TPSA) is 46.6 Å². The number of benzene rings is 1. The zero-order chi connectivity index (χ0) is 15.6. The van der Waals surface area contributed by atoms with E-state index in [1.54, 1.807) is 18.2 Å². The summed E-state index contributed by atoms with van der Waals surface area (Å²) < 4.78 is 31.9. The third kappa shape index (κ3) is 4.11. The summed E-state index contributed by atoms with van der Waals surface area (Å²) in [5.41, 5.74) is 0.747. The summed E-state index contributed by atoms with van der Waals surface area (Å²) in [6.07, 6.45) is 0. The maximum absolute atomic E-state index is 12.5. The molecule has 0 unspecified atom stereocenters. The van der Waals surface area contributed by atoms with Gasteiger partial charge in [-0.25, -0.2) is 8.42 Å². The van der Waals surface area contributed by atoms with Crippen LogP contribution in [0.15, 0.2) is 18.2 Å². The quantitative estimate of drug-likeness (QED) is 0.839. The molecule has 1 heterocycles. The summed E-state index contributed by atoms with van der Waals surface area (Å²) in [6.45, 7) is 4.86. The molecular formula is C14H19Cl2NO3S. The molecule has 2 rings (SSSR count). The SMILES string of the molecule is CC(C)[C@H]1COCCS(=O)(=O)N1Cc1ccc(Cl)cc1Cl. The molecule has 1 aliphatic heterocycles. The van der Waals surface area contributed by atoms with E-state index < -0.39 is 10.0 Å². The van der Waals surface area contributed by atoms with Crippen LogP contribution in [-0.4, -0.2) is 37.7 Å². The largest absolute Gasteiger partial charge is 0.379 e. The van der Waals surface area contributed by atoms with Crippen LogP contribution in [0.4, 0.5) is 0 Å². The molecule has 0 N–H and O–H groups in total. The van der Waals surface area contributed by atoms with Gasteiger partial charge in [-0.3, -0.25) is 0 Å². The Morgan fingerprint density at radius 1 is 1.38 bits per heavy atom. The zero-order valence-electron chi connectivity index (χ0n) is 12.1. The lowest BCUT2D eigenvalue weighted by molar-refractivity contribution is 0.0902. The number of nitrogens with zero attached hydrogens (tertiary/aromatic N) is 1. The molecule has 1 saturated heterocycles. The molecule has 1 atom stereocenters. The predicted molar refractivity (Wildman–Crippen MR) is 85.2 cm³/mol. The van der Waals surface area contributed by atoms with Gasteiger partial charge >= 0.3 is 0 Å². The Balaban J connectivity index is 2.35. The van der Waals surface area contributed by atoms with Gasteiger partial charge in [-0.2, -0.15) is 4.31 Å². The number of hydrogen-bond donors (Lipinski definition) is 0. The van der Waals surface area contributed by atoms with Crippen molar-refractivity contribution >= 4 is 33.2 Å². The van der Waals surface area contributed by atoms with E-state index in [0.29, 0.717) is 16.7 Å². The van der Waals surface area contributed by atoms with E-state index in [2.05, 4.69) is 0 Å². The highest BCUT2D eigenvalue weighted by Crippen LogP contribution is 2.27. The third-order valence-corrected chi connectivity index (χ3v) is 6.00.